The van der Waals surface area contributed by atoms with Crippen LogP contribution in [0.1, 0.15) is 12.5 Å². The van der Waals surface area contributed by atoms with E-state index >= 15 is 0 Å². The number of carbonyl (C=O) groups is 1. The molecule has 2 rings (SSSR count). The quantitative estimate of drug-likeness (QED) is 0.605. The summed E-state index contributed by atoms with van der Waals surface area (Å²) in [6.07, 6.45) is 0. The fraction of sp³-hybridized carbons (Fsp3) is 0.417. The maximum atomic E-state index is 12.4. The molecule has 0 aromatic heterocycles. The summed E-state index contributed by atoms with van der Waals surface area (Å²) in [6.45, 7) is 3.46. The van der Waals surface area contributed by atoms with Crippen LogP contribution in [0.3, 0.4) is 0 Å². The van der Waals surface area contributed by atoms with Gasteiger partial charge in [-0.3, -0.25) is 0 Å². The summed E-state index contributed by atoms with van der Waals surface area (Å²) in [5.41, 5.74) is -0.396. The van der Waals surface area contributed by atoms with Crippen molar-refractivity contribution in [1.29, 1.82) is 0 Å². The van der Waals surface area contributed by atoms with Crippen molar-refractivity contribution in [1.82, 2.24) is 4.31 Å². The number of hydrogen-bond acceptors (Lipinski definition) is 4. The maximum Gasteiger partial charge on any atom is 0.328 e. The molecule has 0 aliphatic carbocycles. The van der Waals surface area contributed by atoms with Gasteiger partial charge in [-0.1, -0.05) is 18.2 Å². The summed E-state index contributed by atoms with van der Waals surface area (Å²) in [7, 11) is -2.37. The summed E-state index contributed by atoms with van der Waals surface area (Å²) in [5.74, 6) is -0.528. The molecule has 1 aliphatic rings. The second kappa shape index (κ2) is 4.07. The highest BCUT2D eigenvalue weighted by Crippen LogP contribution is 2.39. The van der Waals surface area contributed by atoms with Crippen LogP contribution in [0.5, 0.6) is 0 Å². The number of sulfonamides is 1. The topological polar surface area (TPSA) is 63.5 Å². The lowest BCUT2D eigenvalue weighted by atomic mass is 10.2. The number of rotatable bonds is 3. The van der Waals surface area contributed by atoms with E-state index in [4.69, 9.17) is 0 Å². The van der Waals surface area contributed by atoms with Crippen molar-refractivity contribution in [3.63, 3.8) is 0 Å². The summed E-state index contributed by atoms with van der Waals surface area (Å²) in [4.78, 5) is 11.8. The Morgan fingerprint density at radius 3 is 2.56 bits per heavy atom. The van der Waals surface area contributed by atoms with E-state index in [0.717, 1.165) is 4.31 Å². The Kier molecular flexibility index (Phi) is 2.95. The zero-order valence-electron chi connectivity index (χ0n) is 10.5. The predicted octanol–water partition coefficient (Wildman–Crippen LogP) is 0.931. The van der Waals surface area contributed by atoms with Crippen molar-refractivity contribution < 1.29 is 17.9 Å². The van der Waals surface area contributed by atoms with E-state index in [9.17, 15) is 13.2 Å². The first-order valence-corrected chi connectivity index (χ1v) is 6.95. The third kappa shape index (κ3) is 1.81. The van der Waals surface area contributed by atoms with E-state index in [1.54, 1.807) is 38.1 Å². The zero-order chi connectivity index (χ0) is 13.6. The van der Waals surface area contributed by atoms with Gasteiger partial charge in [0, 0.05) is 6.54 Å². The number of ether oxygens (including phenoxy) is 1. The molecular weight excluding hydrogens is 254 g/mol. The highest BCUT2D eigenvalue weighted by atomic mass is 32.2. The molecule has 1 heterocycles. The van der Waals surface area contributed by atoms with Crippen LogP contribution in [-0.2, 0) is 19.6 Å². The molecule has 6 heteroatoms. The minimum absolute atomic E-state index is 0.163. The summed E-state index contributed by atoms with van der Waals surface area (Å²) < 4.78 is 30.5. The molecule has 0 amide bonds. The number of hydrogen-bond donors (Lipinski definition) is 0. The Bertz CT molecular complexity index is 596. The fourth-order valence-electron chi connectivity index (χ4n) is 1.95. The first kappa shape index (κ1) is 13.0. The summed E-state index contributed by atoms with van der Waals surface area (Å²) >= 11 is 0. The second-order valence-electron chi connectivity index (χ2n) is 4.54. The first-order valence-electron chi connectivity index (χ1n) is 5.51. The van der Waals surface area contributed by atoms with Gasteiger partial charge in [0.1, 0.15) is 5.54 Å². The van der Waals surface area contributed by atoms with Crippen LogP contribution in [0.2, 0.25) is 0 Å². The molecular formula is C12H15NO4S. The average molecular weight is 269 g/mol. The van der Waals surface area contributed by atoms with Crippen LogP contribution in [0.4, 0.5) is 0 Å². The van der Waals surface area contributed by atoms with Crippen molar-refractivity contribution in [3.8, 4) is 0 Å². The van der Waals surface area contributed by atoms with Gasteiger partial charge in [-0.25, -0.2) is 13.2 Å². The van der Waals surface area contributed by atoms with E-state index in [1.807, 2.05) is 0 Å². The van der Waals surface area contributed by atoms with Crippen LogP contribution in [0.15, 0.2) is 29.2 Å². The van der Waals surface area contributed by atoms with E-state index in [0.29, 0.717) is 5.56 Å². The largest absolute Gasteiger partial charge is 0.468 e. The van der Waals surface area contributed by atoms with Gasteiger partial charge in [-0.05, 0) is 25.5 Å². The minimum atomic E-state index is -3.63. The van der Waals surface area contributed by atoms with Crippen molar-refractivity contribution in [3.05, 3.63) is 29.8 Å². The molecule has 1 aromatic carbocycles. The van der Waals surface area contributed by atoms with Gasteiger partial charge < -0.3 is 4.74 Å². The Labute approximate surface area is 106 Å². The third-order valence-corrected chi connectivity index (χ3v) is 5.31. The summed E-state index contributed by atoms with van der Waals surface area (Å²) in [6, 6.07) is 6.71. The predicted molar refractivity (Wildman–Crippen MR) is 65.5 cm³/mol. The molecule has 0 bridgehead atoms. The molecule has 98 valence electrons. The number of nitrogens with zero attached hydrogens (tertiary/aromatic N) is 1. The highest BCUT2D eigenvalue weighted by molar-refractivity contribution is 7.89. The van der Waals surface area contributed by atoms with Crippen LogP contribution >= 0.6 is 0 Å². The van der Waals surface area contributed by atoms with Crippen LogP contribution in [0.25, 0.3) is 0 Å². The molecule has 0 saturated carbocycles. The number of esters is 1. The molecule has 2 atom stereocenters. The Hall–Kier alpha value is -1.40. The summed E-state index contributed by atoms with van der Waals surface area (Å²) in [5, 5.41) is 0. The van der Waals surface area contributed by atoms with E-state index in [-0.39, 0.29) is 11.4 Å². The van der Waals surface area contributed by atoms with Gasteiger partial charge in [0.15, 0.2) is 0 Å². The maximum absolute atomic E-state index is 12.4. The molecule has 1 aromatic rings. The smallest absolute Gasteiger partial charge is 0.328 e. The Morgan fingerprint density at radius 1 is 1.39 bits per heavy atom. The monoisotopic (exact) mass is 269 g/mol. The van der Waals surface area contributed by atoms with E-state index in [1.165, 1.54) is 7.11 Å². The number of benzene rings is 1. The van der Waals surface area contributed by atoms with E-state index in [2.05, 4.69) is 4.74 Å². The lowest BCUT2D eigenvalue weighted by Crippen LogP contribution is -2.30. The molecule has 5 nitrogen and oxygen atoms in total. The molecule has 1 aliphatic heterocycles. The average Bonchev–Trinajstić information content (AvgIpc) is 3.03. The number of aryl methyl sites for hydroxylation is 1. The number of carbonyl (C=O) groups excluding carboxylic acids is 1. The molecule has 1 fully saturated rings. The minimum Gasteiger partial charge on any atom is -0.468 e. The van der Waals surface area contributed by atoms with Gasteiger partial charge in [-0.15, -0.1) is 0 Å². The Morgan fingerprint density at radius 2 is 2.00 bits per heavy atom. The van der Waals surface area contributed by atoms with Gasteiger partial charge in [0.25, 0.3) is 0 Å². The lowest BCUT2D eigenvalue weighted by Gasteiger charge is -2.12. The van der Waals surface area contributed by atoms with Crippen LogP contribution in [-0.4, -0.2) is 37.9 Å². The molecule has 18 heavy (non-hydrogen) atoms. The van der Waals surface area contributed by atoms with Crippen molar-refractivity contribution in [2.45, 2.75) is 24.3 Å². The molecule has 0 radical (unpaired) electrons. The van der Waals surface area contributed by atoms with Crippen molar-refractivity contribution in [2.75, 3.05) is 13.7 Å². The van der Waals surface area contributed by atoms with Gasteiger partial charge in [-0.2, -0.15) is 4.31 Å². The molecule has 2 unspecified atom stereocenters. The normalized spacial score (nSPS) is 26.7. The first-order chi connectivity index (χ1) is 8.34. The van der Waals surface area contributed by atoms with Crippen molar-refractivity contribution >= 4 is 16.0 Å². The second-order valence-corrected chi connectivity index (χ2v) is 6.37. The van der Waals surface area contributed by atoms with Gasteiger partial charge >= 0.3 is 5.97 Å². The molecule has 1 saturated heterocycles. The standard InChI is InChI=1S/C12H15NO4S/c1-9-6-4-5-7-10(9)18(15,16)13-8-12(13,2)11(14)17-3/h4-7H,8H2,1-3H3. The highest BCUT2D eigenvalue weighted by Gasteiger charge is 2.62. The van der Waals surface area contributed by atoms with Crippen LogP contribution < -0.4 is 0 Å². The van der Waals surface area contributed by atoms with Crippen molar-refractivity contribution in [2.24, 2.45) is 0 Å². The fourth-order valence-corrected chi connectivity index (χ4v) is 3.93. The van der Waals surface area contributed by atoms with Crippen LogP contribution in [0, 0.1) is 6.92 Å². The number of methoxy groups -OCH3 is 1. The van der Waals surface area contributed by atoms with Gasteiger partial charge in [0.05, 0.1) is 12.0 Å². The van der Waals surface area contributed by atoms with Gasteiger partial charge in [0.2, 0.25) is 10.0 Å². The Balaban J connectivity index is 2.37. The molecule has 0 spiro atoms. The molecule has 0 N–H and O–H groups in total. The lowest BCUT2D eigenvalue weighted by molar-refractivity contribution is -0.143. The zero-order valence-corrected chi connectivity index (χ0v) is 11.3. The SMILES string of the molecule is COC(=O)C1(C)CN1S(=O)(=O)c1ccccc1C. The van der Waals surface area contributed by atoms with E-state index < -0.39 is 21.5 Å². The third-order valence-electron chi connectivity index (χ3n) is 3.19.